The maximum Gasteiger partial charge on any atom is 0.310 e. The molecule has 0 N–H and O–H groups in total. The fourth-order valence-electron chi connectivity index (χ4n) is 7.44. The van der Waals surface area contributed by atoms with Gasteiger partial charge in [-0.25, -0.2) is 0 Å². The lowest BCUT2D eigenvalue weighted by atomic mass is 10.0. The summed E-state index contributed by atoms with van der Waals surface area (Å²) < 4.78 is 17.3. The van der Waals surface area contributed by atoms with Gasteiger partial charge in [-0.15, -0.1) is 0 Å². The summed E-state index contributed by atoms with van der Waals surface area (Å²) in [5.74, 6) is -0.544. The Morgan fingerprint density at radius 3 is 1.23 bits per heavy atom. The quantitative estimate of drug-likeness (QED) is 0.0346. The Morgan fingerprint density at radius 2 is 0.750 bits per heavy atom. The summed E-state index contributed by atoms with van der Waals surface area (Å²) in [7, 11) is 0. The maximum absolute atomic E-state index is 12.8. The van der Waals surface area contributed by atoms with Gasteiger partial charge in [0.25, 0.3) is 0 Å². The summed E-state index contributed by atoms with van der Waals surface area (Å²) in [5, 5.41) is 0. The Labute approximate surface area is 397 Å². The van der Waals surface area contributed by atoms with Crippen LogP contribution in [0.25, 0.3) is 0 Å². The van der Waals surface area contributed by atoms with Crippen LogP contribution in [0.4, 0.5) is 0 Å². The highest BCUT2D eigenvalue weighted by atomic mass is 16.6. The number of unbranched alkanes of at least 4 members (excludes halogenated alkanes) is 25. The predicted molar refractivity (Wildman–Crippen MR) is 279 cm³/mol. The van der Waals surface area contributed by atoms with E-state index in [1.54, 1.807) is 0 Å². The number of carbonyl (C=O) groups excluding carboxylic acids is 2. The van der Waals surface area contributed by atoms with Crippen LogP contribution in [0.2, 0.25) is 0 Å². The second kappa shape index (κ2) is 54.4. The summed E-state index contributed by atoms with van der Waals surface area (Å²) >= 11 is 0. The molecule has 0 saturated carbocycles. The largest absolute Gasteiger partial charge is 0.462 e. The number of rotatable bonds is 49. The van der Waals surface area contributed by atoms with Crippen LogP contribution < -0.4 is 0 Å². The highest BCUT2D eigenvalue weighted by Gasteiger charge is 2.17. The van der Waals surface area contributed by atoms with Crippen molar-refractivity contribution in [1.29, 1.82) is 0 Å². The monoisotopic (exact) mass is 891 g/mol. The smallest absolute Gasteiger partial charge is 0.310 e. The Bertz CT molecular complexity index is 1190. The van der Waals surface area contributed by atoms with E-state index in [0.717, 1.165) is 70.6 Å². The number of hydrogen-bond donors (Lipinski definition) is 0. The third-order valence-electron chi connectivity index (χ3n) is 11.4. The number of carbonyl (C=O) groups is 2. The van der Waals surface area contributed by atoms with E-state index in [0.29, 0.717) is 13.0 Å². The average Bonchev–Trinajstić information content (AvgIpc) is 3.30. The molecular weight excluding hydrogens is 789 g/mol. The molecule has 0 aromatic rings. The van der Waals surface area contributed by atoms with Gasteiger partial charge in [-0.1, -0.05) is 247 Å². The topological polar surface area (TPSA) is 61.8 Å². The van der Waals surface area contributed by atoms with Crippen LogP contribution in [0.1, 0.15) is 252 Å². The summed E-state index contributed by atoms with van der Waals surface area (Å²) in [5.41, 5.74) is 0. The number of hydrogen-bond acceptors (Lipinski definition) is 5. The molecule has 0 radical (unpaired) electrons. The first-order chi connectivity index (χ1) is 31.6. The van der Waals surface area contributed by atoms with Crippen LogP contribution in [0.15, 0.2) is 85.1 Å². The van der Waals surface area contributed by atoms with E-state index in [1.807, 2.05) is 12.2 Å². The zero-order valence-electron chi connectivity index (χ0n) is 42.3. The van der Waals surface area contributed by atoms with Crippen LogP contribution in [-0.4, -0.2) is 37.9 Å². The SMILES string of the molecule is CC/C=C\C/C=C\C/C=C\C/C=C\C/C=C\CC(=O)OC(COCCCCCCCC/C=C\C/C=C\CCCCC)COC(=O)CCCCCCCCCCCCCCCCCCC. The van der Waals surface area contributed by atoms with Crippen molar-refractivity contribution in [3.63, 3.8) is 0 Å². The fourth-order valence-corrected chi connectivity index (χ4v) is 7.44. The minimum absolute atomic E-state index is 0.0406. The molecule has 0 amide bonds. The van der Waals surface area contributed by atoms with Crippen LogP contribution in [0, 0.1) is 0 Å². The number of allylic oxidation sites excluding steroid dienone is 13. The third kappa shape index (κ3) is 51.7. The van der Waals surface area contributed by atoms with E-state index < -0.39 is 6.10 Å². The zero-order chi connectivity index (χ0) is 46.3. The molecule has 1 unspecified atom stereocenters. The molecule has 0 aliphatic rings. The molecule has 0 heterocycles. The maximum atomic E-state index is 12.8. The van der Waals surface area contributed by atoms with E-state index in [1.165, 1.54) is 148 Å². The molecule has 368 valence electrons. The molecule has 0 rings (SSSR count). The lowest BCUT2D eigenvalue weighted by molar-refractivity contribution is -0.162. The van der Waals surface area contributed by atoms with Crippen LogP contribution in [0.5, 0.6) is 0 Å². The molecule has 5 heteroatoms. The summed E-state index contributed by atoms with van der Waals surface area (Å²) in [6.45, 7) is 7.58. The third-order valence-corrected chi connectivity index (χ3v) is 11.4. The van der Waals surface area contributed by atoms with Crippen LogP contribution in [-0.2, 0) is 23.8 Å². The lowest BCUT2D eigenvalue weighted by Gasteiger charge is -2.18. The van der Waals surface area contributed by atoms with Gasteiger partial charge < -0.3 is 14.2 Å². The van der Waals surface area contributed by atoms with Crippen LogP contribution in [0.3, 0.4) is 0 Å². The molecule has 0 spiro atoms. The van der Waals surface area contributed by atoms with Gasteiger partial charge in [0.2, 0.25) is 0 Å². The zero-order valence-corrected chi connectivity index (χ0v) is 42.3. The van der Waals surface area contributed by atoms with E-state index in [9.17, 15) is 9.59 Å². The molecule has 0 aliphatic carbocycles. The molecule has 0 fully saturated rings. The number of ether oxygens (including phenoxy) is 3. The fraction of sp³-hybridized carbons (Fsp3) is 0.729. The van der Waals surface area contributed by atoms with Crippen molar-refractivity contribution in [2.45, 2.75) is 258 Å². The number of esters is 2. The van der Waals surface area contributed by atoms with E-state index in [-0.39, 0.29) is 31.6 Å². The van der Waals surface area contributed by atoms with Crippen molar-refractivity contribution in [1.82, 2.24) is 0 Å². The van der Waals surface area contributed by atoms with E-state index >= 15 is 0 Å². The first-order valence-electron chi connectivity index (χ1n) is 27.1. The second-order valence-corrected chi connectivity index (χ2v) is 17.8. The van der Waals surface area contributed by atoms with Gasteiger partial charge in [0.1, 0.15) is 6.61 Å². The van der Waals surface area contributed by atoms with Gasteiger partial charge in [0.15, 0.2) is 6.10 Å². The van der Waals surface area contributed by atoms with Gasteiger partial charge in [-0.2, -0.15) is 0 Å². The summed E-state index contributed by atoms with van der Waals surface area (Å²) in [6, 6.07) is 0. The highest BCUT2D eigenvalue weighted by molar-refractivity contribution is 5.71. The lowest BCUT2D eigenvalue weighted by Crippen LogP contribution is -2.29. The molecule has 0 aliphatic heterocycles. The predicted octanol–water partition coefficient (Wildman–Crippen LogP) is 18.5. The Morgan fingerprint density at radius 1 is 0.375 bits per heavy atom. The molecule has 5 nitrogen and oxygen atoms in total. The molecule has 0 aromatic carbocycles. The minimum Gasteiger partial charge on any atom is -0.462 e. The average molecular weight is 891 g/mol. The van der Waals surface area contributed by atoms with Gasteiger partial charge in [-0.3, -0.25) is 9.59 Å². The van der Waals surface area contributed by atoms with Crippen molar-refractivity contribution in [3.05, 3.63) is 85.1 Å². The molecule has 0 bridgehead atoms. The van der Waals surface area contributed by atoms with Crippen molar-refractivity contribution >= 4 is 11.9 Å². The van der Waals surface area contributed by atoms with Gasteiger partial charge in [0.05, 0.1) is 13.0 Å². The van der Waals surface area contributed by atoms with Crippen molar-refractivity contribution in [2.75, 3.05) is 19.8 Å². The Kier molecular flexibility index (Phi) is 51.9. The summed E-state index contributed by atoms with van der Waals surface area (Å²) in [6.07, 6.45) is 71.9. The van der Waals surface area contributed by atoms with Gasteiger partial charge in [-0.05, 0) is 77.0 Å². The Balaban J connectivity index is 4.38. The molecule has 0 saturated heterocycles. The van der Waals surface area contributed by atoms with Crippen molar-refractivity contribution in [2.24, 2.45) is 0 Å². The highest BCUT2D eigenvalue weighted by Crippen LogP contribution is 2.15. The first kappa shape index (κ1) is 61.1. The normalized spacial score (nSPS) is 12.9. The van der Waals surface area contributed by atoms with E-state index in [2.05, 4.69) is 93.7 Å². The molecular formula is C59H102O5. The first-order valence-corrected chi connectivity index (χ1v) is 27.1. The molecule has 0 aromatic heterocycles. The molecule has 64 heavy (non-hydrogen) atoms. The van der Waals surface area contributed by atoms with Crippen molar-refractivity contribution < 1.29 is 23.8 Å². The van der Waals surface area contributed by atoms with E-state index in [4.69, 9.17) is 14.2 Å². The van der Waals surface area contributed by atoms with Gasteiger partial charge in [0, 0.05) is 13.0 Å². The van der Waals surface area contributed by atoms with Crippen molar-refractivity contribution in [3.8, 4) is 0 Å². The second-order valence-electron chi connectivity index (χ2n) is 17.8. The standard InChI is InChI=1S/C59H102O5/c1-4-7-10-13-16-19-22-25-28-30-32-34-37-40-43-46-49-52-58(60)63-56-57(55-62-54-51-48-45-42-39-36-33-29-26-23-20-17-14-11-8-5-2)64-59(61)53-50-47-44-41-38-35-31-27-24-21-18-15-12-9-6-3/h9,12,17-18,20-21,26-27,29,31,38,41,47,50,57H,4-8,10-11,13-16,19,22-25,28,30,32-37,39-40,42-46,48-49,51-56H2,1-3H3/b12-9-,20-17-,21-18-,29-26-,31-27-,41-38-,50-47-. The van der Waals surface area contributed by atoms with Crippen LogP contribution >= 0.6 is 0 Å². The minimum atomic E-state index is -0.598. The Hall–Kier alpha value is -2.92. The summed E-state index contributed by atoms with van der Waals surface area (Å²) in [4.78, 5) is 25.4. The molecule has 1 atom stereocenters. The van der Waals surface area contributed by atoms with Gasteiger partial charge >= 0.3 is 11.9 Å².